The fourth-order valence-corrected chi connectivity index (χ4v) is 1.59. The van der Waals surface area contributed by atoms with Gasteiger partial charge in [0.25, 0.3) is 0 Å². The number of likely N-dealkylation sites (N-methyl/N-ethyl adjacent to an activating group) is 1. The molecule has 0 saturated heterocycles. The van der Waals surface area contributed by atoms with Crippen LogP contribution in [0.5, 0.6) is 0 Å². The number of halogens is 2. The normalized spacial score (nSPS) is 12.2. The van der Waals surface area contributed by atoms with E-state index in [4.69, 9.17) is 5.11 Å². The van der Waals surface area contributed by atoms with E-state index in [0.29, 0.717) is 0 Å². The third kappa shape index (κ3) is 4.29. The van der Waals surface area contributed by atoms with Crippen LogP contribution in [0.2, 0.25) is 0 Å². The average Bonchev–Trinajstić information content (AvgIpc) is 2.26. The lowest BCUT2D eigenvalue weighted by Crippen LogP contribution is -2.30. The first-order valence-corrected chi connectivity index (χ1v) is 5.46. The summed E-state index contributed by atoms with van der Waals surface area (Å²) in [7, 11) is 1.54. The zero-order valence-corrected chi connectivity index (χ0v) is 9.94. The van der Waals surface area contributed by atoms with Crippen molar-refractivity contribution in [2.24, 2.45) is 0 Å². The van der Waals surface area contributed by atoms with Crippen LogP contribution in [-0.4, -0.2) is 35.9 Å². The van der Waals surface area contributed by atoms with Gasteiger partial charge in [-0.3, -0.25) is 4.79 Å². The van der Waals surface area contributed by atoms with Crippen molar-refractivity contribution in [1.82, 2.24) is 0 Å². The Kier molecular flexibility index (Phi) is 5.03. The molecular formula is C12H15F2NO3. The molecule has 1 rings (SSSR count). The minimum atomic E-state index is -0.996. The Morgan fingerprint density at radius 1 is 1.44 bits per heavy atom. The molecule has 0 saturated carbocycles. The number of carboxylic acids is 1. The summed E-state index contributed by atoms with van der Waals surface area (Å²) in [5.74, 6) is -2.39. The second kappa shape index (κ2) is 6.30. The number of nitrogens with zero attached hydrogens (tertiary/aromatic N) is 1. The number of hydrogen-bond acceptors (Lipinski definition) is 3. The molecule has 0 spiro atoms. The lowest BCUT2D eigenvalue weighted by atomic mass is 10.2. The zero-order valence-electron chi connectivity index (χ0n) is 9.94. The molecule has 1 unspecified atom stereocenters. The van der Waals surface area contributed by atoms with E-state index in [1.165, 1.54) is 11.0 Å². The molecule has 0 radical (unpaired) electrons. The summed E-state index contributed by atoms with van der Waals surface area (Å²) in [6, 6.07) is 3.16. The maximum Gasteiger partial charge on any atom is 0.303 e. The van der Waals surface area contributed by atoms with E-state index in [2.05, 4.69) is 0 Å². The summed E-state index contributed by atoms with van der Waals surface area (Å²) in [5, 5.41) is 18.0. The highest BCUT2D eigenvalue weighted by molar-refractivity contribution is 5.66. The second-order valence-electron chi connectivity index (χ2n) is 4.06. The number of aliphatic carboxylic acids is 1. The topological polar surface area (TPSA) is 60.8 Å². The Hall–Kier alpha value is -1.69. The van der Waals surface area contributed by atoms with Crippen molar-refractivity contribution in [3.8, 4) is 0 Å². The number of carbonyl (C=O) groups is 1. The quantitative estimate of drug-likeness (QED) is 0.815. The maximum absolute atomic E-state index is 13.4. The van der Waals surface area contributed by atoms with Crippen LogP contribution in [-0.2, 0) is 4.79 Å². The summed E-state index contributed by atoms with van der Waals surface area (Å²) in [4.78, 5) is 11.7. The van der Waals surface area contributed by atoms with Crippen molar-refractivity contribution < 1.29 is 23.8 Å². The number of benzene rings is 1. The van der Waals surface area contributed by atoms with E-state index in [9.17, 15) is 18.7 Å². The first-order chi connectivity index (χ1) is 8.40. The van der Waals surface area contributed by atoms with Gasteiger partial charge in [0.05, 0.1) is 11.8 Å². The minimum Gasteiger partial charge on any atom is -0.481 e. The number of aliphatic hydroxyl groups is 1. The molecule has 0 bridgehead atoms. The summed E-state index contributed by atoms with van der Waals surface area (Å²) < 4.78 is 26.1. The molecule has 100 valence electrons. The zero-order chi connectivity index (χ0) is 13.7. The van der Waals surface area contributed by atoms with Gasteiger partial charge in [0, 0.05) is 26.1 Å². The first-order valence-electron chi connectivity index (χ1n) is 5.46. The third-order valence-corrected chi connectivity index (χ3v) is 2.50. The molecule has 0 aliphatic rings. The van der Waals surface area contributed by atoms with Gasteiger partial charge in [-0.25, -0.2) is 8.78 Å². The molecule has 0 amide bonds. The molecule has 1 atom stereocenters. The molecule has 18 heavy (non-hydrogen) atoms. The summed E-state index contributed by atoms with van der Waals surface area (Å²) in [5.41, 5.74) is 0.158. The molecule has 1 aromatic rings. The van der Waals surface area contributed by atoms with Gasteiger partial charge in [-0.05, 0) is 18.6 Å². The molecule has 0 aliphatic carbocycles. The van der Waals surface area contributed by atoms with Gasteiger partial charge >= 0.3 is 5.97 Å². The van der Waals surface area contributed by atoms with Crippen molar-refractivity contribution in [3.63, 3.8) is 0 Å². The smallest absolute Gasteiger partial charge is 0.303 e. The lowest BCUT2D eigenvalue weighted by Gasteiger charge is -2.22. The molecular weight excluding hydrogens is 244 g/mol. The van der Waals surface area contributed by atoms with E-state index >= 15 is 0 Å². The molecule has 0 heterocycles. The Balaban J connectivity index is 2.59. The Morgan fingerprint density at radius 3 is 2.67 bits per heavy atom. The van der Waals surface area contributed by atoms with Gasteiger partial charge in [0.2, 0.25) is 0 Å². The van der Waals surface area contributed by atoms with Gasteiger partial charge in [0.1, 0.15) is 11.6 Å². The monoisotopic (exact) mass is 259 g/mol. The molecule has 1 aromatic carbocycles. The highest BCUT2D eigenvalue weighted by atomic mass is 19.1. The molecule has 0 fully saturated rings. The summed E-state index contributed by atoms with van der Waals surface area (Å²) in [6.45, 7) is 0.0792. The fourth-order valence-electron chi connectivity index (χ4n) is 1.59. The van der Waals surface area contributed by atoms with Crippen LogP contribution < -0.4 is 4.90 Å². The standard InChI is InChI=1S/C12H15F2NO3/c1-15(7-9(16)3-5-12(17)18)11-4-2-8(13)6-10(11)14/h2,4,6,9,16H,3,5,7H2,1H3,(H,17,18). The molecule has 0 aliphatic heterocycles. The Labute approximate surface area is 103 Å². The predicted octanol–water partition coefficient (Wildman–Crippen LogP) is 1.63. The van der Waals surface area contributed by atoms with Crippen LogP contribution in [0.15, 0.2) is 18.2 Å². The number of hydrogen-bond donors (Lipinski definition) is 2. The van der Waals surface area contributed by atoms with Gasteiger partial charge in [0.15, 0.2) is 0 Å². The van der Waals surface area contributed by atoms with Crippen LogP contribution in [0.25, 0.3) is 0 Å². The average molecular weight is 259 g/mol. The van der Waals surface area contributed by atoms with Crippen LogP contribution in [0.3, 0.4) is 0 Å². The highest BCUT2D eigenvalue weighted by Crippen LogP contribution is 2.19. The first kappa shape index (κ1) is 14.4. The lowest BCUT2D eigenvalue weighted by molar-refractivity contribution is -0.137. The largest absolute Gasteiger partial charge is 0.481 e. The number of aliphatic hydroxyl groups excluding tert-OH is 1. The van der Waals surface area contributed by atoms with Crippen molar-refractivity contribution >= 4 is 11.7 Å². The molecule has 4 nitrogen and oxygen atoms in total. The number of anilines is 1. The van der Waals surface area contributed by atoms with E-state index in [1.54, 1.807) is 7.05 Å². The van der Waals surface area contributed by atoms with E-state index in [-0.39, 0.29) is 25.1 Å². The van der Waals surface area contributed by atoms with Gasteiger partial charge in [-0.15, -0.1) is 0 Å². The summed E-state index contributed by atoms with van der Waals surface area (Å²) >= 11 is 0. The van der Waals surface area contributed by atoms with Crippen LogP contribution in [0.1, 0.15) is 12.8 Å². The minimum absolute atomic E-state index is 0.0792. The van der Waals surface area contributed by atoms with E-state index < -0.39 is 23.7 Å². The van der Waals surface area contributed by atoms with Gasteiger partial charge < -0.3 is 15.1 Å². The number of carboxylic acid groups (broad SMARTS) is 1. The Morgan fingerprint density at radius 2 is 2.11 bits per heavy atom. The van der Waals surface area contributed by atoms with Crippen molar-refractivity contribution in [2.75, 3.05) is 18.5 Å². The van der Waals surface area contributed by atoms with Crippen molar-refractivity contribution in [3.05, 3.63) is 29.8 Å². The molecule has 6 heteroatoms. The Bertz CT molecular complexity index is 426. The van der Waals surface area contributed by atoms with E-state index in [0.717, 1.165) is 12.1 Å². The molecule has 0 aromatic heterocycles. The fraction of sp³-hybridized carbons (Fsp3) is 0.417. The predicted molar refractivity (Wildman–Crippen MR) is 62.5 cm³/mol. The van der Waals surface area contributed by atoms with Gasteiger partial charge in [-0.1, -0.05) is 0 Å². The van der Waals surface area contributed by atoms with E-state index in [1.807, 2.05) is 0 Å². The SMILES string of the molecule is CN(CC(O)CCC(=O)O)c1ccc(F)cc1F. The van der Waals surface area contributed by atoms with Crippen LogP contribution >= 0.6 is 0 Å². The highest BCUT2D eigenvalue weighted by Gasteiger charge is 2.13. The second-order valence-corrected chi connectivity index (χ2v) is 4.06. The molecule has 2 N–H and O–H groups in total. The van der Waals surface area contributed by atoms with Crippen molar-refractivity contribution in [1.29, 1.82) is 0 Å². The number of rotatable bonds is 6. The van der Waals surface area contributed by atoms with Crippen LogP contribution in [0.4, 0.5) is 14.5 Å². The van der Waals surface area contributed by atoms with Crippen LogP contribution in [0, 0.1) is 11.6 Å². The summed E-state index contributed by atoms with van der Waals surface area (Å²) in [6.07, 6.45) is -0.945. The maximum atomic E-state index is 13.4. The van der Waals surface area contributed by atoms with Gasteiger partial charge in [-0.2, -0.15) is 0 Å². The van der Waals surface area contributed by atoms with Crippen molar-refractivity contribution in [2.45, 2.75) is 18.9 Å². The third-order valence-electron chi connectivity index (χ3n) is 2.50.